The van der Waals surface area contributed by atoms with Gasteiger partial charge in [0, 0.05) is 36.5 Å². The van der Waals surface area contributed by atoms with Crippen molar-refractivity contribution in [2.24, 2.45) is 0 Å². The van der Waals surface area contributed by atoms with Crippen molar-refractivity contribution in [1.29, 1.82) is 0 Å². The van der Waals surface area contributed by atoms with Crippen LogP contribution >= 0.6 is 0 Å². The summed E-state index contributed by atoms with van der Waals surface area (Å²) >= 11 is 0. The maximum Gasteiger partial charge on any atom is 0.410 e. The van der Waals surface area contributed by atoms with Gasteiger partial charge in [-0.05, 0) is 25.5 Å². The first-order chi connectivity index (χ1) is 12.6. The van der Waals surface area contributed by atoms with Crippen molar-refractivity contribution in [3.8, 4) is 0 Å². The fourth-order valence-electron chi connectivity index (χ4n) is 4.50. The van der Waals surface area contributed by atoms with E-state index in [0.29, 0.717) is 6.54 Å². The molecular weight excluding hydrogens is 328 g/mol. The van der Waals surface area contributed by atoms with Crippen LogP contribution in [0.4, 0.5) is 4.79 Å². The lowest BCUT2D eigenvalue weighted by atomic mass is 9.92. The molecule has 134 valence electrons. The number of amides is 1. The smallest absolute Gasteiger partial charge is 0.410 e. The number of hydrogen-bond acceptors (Lipinski definition) is 4. The van der Waals surface area contributed by atoms with Crippen LogP contribution < -0.4 is 0 Å². The van der Waals surface area contributed by atoms with Crippen molar-refractivity contribution in [3.63, 3.8) is 0 Å². The summed E-state index contributed by atoms with van der Waals surface area (Å²) in [6, 6.07) is 14.5. The molecule has 2 aliphatic heterocycles. The normalized spacial score (nSPS) is 24.0. The second-order valence-corrected chi connectivity index (χ2v) is 7.61. The largest absolute Gasteiger partial charge is 0.456 e. The van der Waals surface area contributed by atoms with Gasteiger partial charge in [-0.2, -0.15) is 0 Å². The van der Waals surface area contributed by atoms with Crippen LogP contribution in [0.2, 0.25) is 0 Å². The molecule has 1 atom stereocenters. The molecule has 2 fully saturated rings. The summed E-state index contributed by atoms with van der Waals surface area (Å²) in [6.07, 6.45) is 1.78. The number of hydrogen-bond donors (Lipinski definition) is 0. The van der Waals surface area contributed by atoms with Crippen LogP contribution in [0, 0.1) is 0 Å². The van der Waals surface area contributed by atoms with Crippen molar-refractivity contribution >= 4 is 28.0 Å². The number of nitrogens with zero attached hydrogens (tertiary/aromatic N) is 2. The van der Waals surface area contributed by atoms with Gasteiger partial charge in [0.25, 0.3) is 0 Å². The minimum absolute atomic E-state index is 0.203. The number of piperidine rings is 1. The van der Waals surface area contributed by atoms with Gasteiger partial charge in [0.15, 0.2) is 0 Å². The van der Waals surface area contributed by atoms with E-state index in [-0.39, 0.29) is 11.7 Å². The zero-order valence-corrected chi connectivity index (χ0v) is 14.9. The van der Waals surface area contributed by atoms with Crippen LogP contribution in [0.15, 0.2) is 46.9 Å². The average Bonchev–Trinajstić information content (AvgIpc) is 3.13. The van der Waals surface area contributed by atoms with Gasteiger partial charge in [-0.3, -0.25) is 4.90 Å². The quantitative estimate of drug-likeness (QED) is 0.701. The Kier molecular flexibility index (Phi) is 3.47. The molecule has 0 unspecified atom stereocenters. The molecule has 3 heterocycles. The van der Waals surface area contributed by atoms with Gasteiger partial charge in [-0.25, -0.2) is 4.79 Å². The van der Waals surface area contributed by atoms with Gasteiger partial charge in [0.05, 0.1) is 6.54 Å². The Morgan fingerprint density at radius 1 is 1.08 bits per heavy atom. The Morgan fingerprint density at radius 3 is 2.77 bits per heavy atom. The summed E-state index contributed by atoms with van der Waals surface area (Å²) in [4.78, 5) is 15.9. The Hall–Kier alpha value is -2.53. The maximum atomic E-state index is 11.9. The molecule has 1 spiro atoms. The van der Waals surface area contributed by atoms with E-state index in [1.54, 1.807) is 4.90 Å². The molecule has 26 heavy (non-hydrogen) atoms. The van der Waals surface area contributed by atoms with Gasteiger partial charge in [0.1, 0.15) is 16.8 Å². The fraction of sp³-hybridized carbons (Fsp3) is 0.381. The molecule has 1 aromatic heterocycles. The molecule has 5 heteroatoms. The van der Waals surface area contributed by atoms with Crippen molar-refractivity contribution in [1.82, 2.24) is 9.80 Å². The summed E-state index contributed by atoms with van der Waals surface area (Å²) in [5.41, 5.74) is 2.73. The Morgan fingerprint density at radius 2 is 1.92 bits per heavy atom. The van der Waals surface area contributed by atoms with E-state index in [1.807, 2.05) is 25.2 Å². The highest BCUT2D eigenvalue weighted by atomic mass is 16.6. The highest BCUT2D eigenvalue weighted by Crippen LogP contribution is 2.34. The highest BCUT2D eigenvalue weighted by molar-refractivity contribution is 6.05. The van der Waals surface area contributed by atoms with Crippen molar-refractivity contribution in [2.75, 3.05) is 26.7 Å². The maximum absolute atomic E-state index is 11.9. The molecule has 2 saturated heterocycles. The van der Waals surface area contributed by atoms with Crippen molar-refractivity contribution in [2.45, 2.75) is 25.0 Å². The van der Waals surface area contributed by atoms with Gasteiger partial charge >= 0.3 is 6.09 Å². The summed E-state index contributed by atoms with van der Waals surface area (Å²) < 4.78 is 11.9. The zero-order chi connectivity index (χ0) is 17.7. The van der Waals surface area contributed by atoms with E-state index in [2.05, 4.69) is 29.2 Å². The predicted octanol–water partition coefficient (Wildman–Crippen LogP) is 4.00. The monoisotopic (exact) mass is 350 g/mol. The van der Waals surface area contributed by atoms with Gasteiger partial charge < -0.3 is 14.1 Å². The third-order valence-corrected chi connectivity index (χ3v) is 5.64. The third kappa shape index (κ3) is 2.46. The number of likely N-dealkylation sites (N-methyl/N-ethyl adjacent to an activating group) is 1. The number of rotatable bonds is 2. The van der Waals surface area contributed by atoms with Crippen LogP contribution in [0.3, 0.4) is 0 Å². The zero-order valence-electron chi connectivity index (χ0n) is 14.9. The standard InChI is InChI=1S/C21H22N2O3/c1-22-13-21(26-20(22)24)10-5-11-23(14-21)12-15-6-4-8-17-16-7-2-3-9-18(16)25-19(15)17/h2-4,6-9H,5,10-14H2,1H3/t21-/m0/s1. The predicted molar refractivity (Wildman–Crippen MR) is 100 cm³/mol. The summed E-state index contributed by atoms with van der Waals surface area (Å²) in [5.74, 6) is 0. The lowest BCUT2D eigenvalue weighted by Gasteiger charge is -2.38. The first-order valence-electron chi connectivity index (χ1n) is 9.19. The van der Waals surface area contributed by atoms with E-state index in [9.17, 15) is 4.79 Å². The lowest BCUT2D eigenvalue weighted by Crippen LogP contribution is -2.50. The van der Waals surface area contributed by atoms with Gasteiger partial charge in [-0.15, -0.1) is 0 Å². The van der Waals surface area contributed by atoms with E-state index < -0.39 is 0 Å². The van der Waals surface area contributed by atoms with Crippen LogP contribution in [0.5, 0.6) is 0 Å². The molecule has 0 bridgehead atoms. The topological polar surface area (TPSA) is 45.9 Å². The lowest BCUT2D eigenvalue weighted by molar-refractivity contribution is -0.0113. The van der Waals surface area contributed by atoms with E-state index >= 15 is 0 Å². The molecule has 0 saturated carbocycles. The van der Waals surface area contributed by atoms with E-state index in [4.69, 9.17) is 9.15 Å². The highest BCUT2D eigenvalue weighted by Gasteiger charge is 2.46. The number of para-hydroxylation sites is 2. The number of furan rings is 1. The van der Waals surface area contributed by atoms with Crippen LogP contribution in [-0.4, -0.2) is 48.2 Å². The molecule has 3 aromatic rings. The second kappa shape index (κ2) is 5.74. The number of carbonyl (C=O) groups excluding carboxylic acids is 1. The first-order valence-corrected chi connectivity index (χ1v) is 9.19. The van der Waals surface area contributed by atoms with Gasteiger partial charge in [-0.1, -0.05) is 36.4 Å². The molecule has 0 aliphatic carbocycles. The fourth-order valence-corrected chi connectivity index (χ4v) is 4.50. The minimum Gasteiger partial charge on any atom is -0.456 e. The summed E-state index contributed by atoms with van der Waals surface area (Å²) in [6.45, 7) is 3.27. The minimum atomic E-state index is -0.355. The number of fused-ring (bicyclic) bond motifs is 3. The molecule has 0 radical (unpaired) electrons. The second-order valence-electron chi connectivity index (χ2n) is 7.61. The summed E-state index contributed by atoms with van der Waals surface area (Å²) in [7, 11) is 1.81. The SMILES string of the molecule is CN1C[C@]2(CCCN(Cc3cccc4c3oc3ccccc34)C2)OC1=O. The van der Waals surface area contributed by atoms with Crippen molar-refractivity contribution < 1.29 is 13.9 Å². The number of ether oxygens (including phenoxy) is 1. The third-order valence-electron chi connectivity index (χ3n) is 5.64. The molecule has 0 N–H and O–H groups in total. The Bertz CT molecular complexity index is 995. The van der Waals surface area contributed by atoms with Gasteiger partial charge in [0.2, 0.25) is 0 Å². The molecule has 5 nitrogen and oxygen atoms in total. The molecule has 2 aromatic carbocycles. The van der Waals surface area contributed by atoms with Crippen LogP contribution in [0.25, 0.3) is 21.9 Å². The van der Waals surface area contributed by atoms with Crippen molar-refractivity contribution in [3.05, 3.63) is 48.0 Å². The molecular formula is C21H22N2O3. The Balaban J connectivity index is 1.45. The number of carbonyl (C=O) groups is 1. The number of benzene rings is 2. The number of likely N-dealkylation sites (tertiary alicyclic amines) is 1. The first kappa shape index (κ1) is 15.7. The van der Waals surface area contributed by atoms with E-state index in [0.717, 1.165) is 54.4 Å². The summed E-state index contributed by atoms with van der Waals surface area (Å²) in [5, 5.41) is 2.32. The van der Waals surface area contributed by atoms with E-state index in [1.165, 1.54) is 5.56 Å². The van der Waals surface area contributed by atoms with Crippen LogP contribution in [0.1, 0.15) is 18.4 Å². The molecule has 5 rings (SSSR count). The molecule has 1 amide bonds. The average molecular weight is 350 g/mol. The van der Waals surface area contributed by atoms with Crippen LogP contribution in [-0.2, 0) is 11.3 Å². The Labute approximate surface area is 152 Å². The molecule has 2 aliphatic rings.